The van der Waals surface area contributed by atoms with E-state index in [1.807, 2.05) is 19.1 Å². The summed E-state index contributed by atoms with van der Waals surface area (Å²) in [6.07, 6.45) is 5.56. The zero-order chi connectivity index (χ0) is 17.7. The van der Waals surface area contributed by atoms with E-state index in [0.29, 0.717) is 24.2 Å². The molecule has 0 N–H and O–H groups in total. The van der Waals surface area contributed by atoms with Gasteiger partial charge in [0.25, 0.3) is 0 Å². The quantitative estimate of drug-likeness (QED) is 0.570. The first-order chi connectivity index (χ1) is 11.9. The van der Waals surface area contributed by atoms with Gasteiger partial charge in [0.1, 0.15) is 24.1 Å². The number of carbonyl (C=O) groups is 2. The second-order valence-electron chi connectivity index (χ2n) is 7.36. The van der Waals surface area contributed by atoms with E-state index >= 15 is 0 Å². The summed E-state index contributed by atoms with van der Waals surface area (Å²) in [5, 5.41) is 0. The number of rotatable bonds is 2. The van der Waals surface area contributed by atoms with Crippen LogP contribution < -0.4 is 0 Å². The van der Waals surface area contributed by atoms with Gasteiger partial charge in [0.2, 0.25) is 0 Å². The van der Waals surface area contributed by atoms with Crippen LogP contribution in [0, 0.1) is 11.8 Å². The number of hydrogen-bond acceptors (Lipinski definition) is 5. The van der Waals surface area contributed by atoms with Crippen LogP contribution in [0.3, 0.4) is 0 Å². The Labute approximate surface area is 147 Å². The van der Waals surface area contributed by atoms with Crippen LogP contribution >= 0.6 is 0 Å². The molecule has 2 aliphatic heterocycles. The second kappa shape index (κ2) is 5.90. The van der Waals surface area contributed by atoms with Gasteiger partial charge in [-0.05, 0) is 37.5 Å². The molecule has 5 heteroatoms. The molecule has 5 nitrogen and oxygen atoms in total. The number of hydrogen-bond donors (Lipinski definition) is 0. The fourth-order valence-corrected chi connectivity index (χ4v) is 3.75. The van der Waals surface area contributed by atoms with Crippen LogP contribution in [0.1, 0.15) is 32.6 Å². The predicted octanol–water partition coefficient (Wildman–Crippen LogP) is 2.99. The molecule has 2 aliphatic carbocycles. The van der Waals surface area contributed by atoms with Gasteiger partial charge in [-0.2, -0.15) is 0 Å². The van der Waals surface area contributed by atoms with E-state index in [-0.39, 0.29) is 36.0 Å². The van der Waals surface area contributed by atoms with Gasteiger partial charge in [0, 0.05) is 18.4 Å². The van der Waals surface area contributed by atoms with Crippen LogP contribution in [0.5, 0.6) is 0 Å². The van der Waals surface area contributed by atoms with Gasteiger partial charge in [0.05, 0.1) is 11.8 Å². The van der Waals surface area contributed by atoms with Crippen molar-refractivity contribution in [1.82, 2.24) is 0 Å². The van der Waals surface area contributed by atoms with E-state index in [9.17, 15) is 9.59 Å². The molecule has 4 aliphatic rings. The first-order valence-electron chi connectivity index (χ1n) is 8.76. The summed E-state index contributed by atoms with van der Waals surface area (Å²) in [5.41, 5.74) is 2.35. The highest BCUT2D eigenvalue weighted by Crippen LogP contribution is 2.42. The summed E-state index contributed by atoms with van der Waals surface area (Å²) in [7, 11) is 0. The molecular formula is C20H22O5. The number of allylic oxidation sites excluding steroid dienone is 1. The van der Waals surface area contributed by atoms with Crippen LogP contribution in [-0.4, -0.2) is 30.3 Å². The van der Waals surface area contributed by atoms with Crippen LogP contribution in [0.2, 0.25) is 0 Å². The summed E-state index contributed by atoms with van der Waals surface area (Å²) in [6.45, 7) is 9.96. The topological polar surface area (TPSA) is 61.8 Å². The number of carbonyl (C=O) groups excluding carboxylic acids is 2. The Morgan fingerprint density at radius 1 is 1.20 bits per heavy atom. The number of esters is 2. The minimum atomic E-state index is -0.460. The zero-order valence-corrected chi connectivity index (χ0v) is 14.3. The van der Waals surface area contributed by atoms with Crippen molar-refractivity contribution < 1.29 is 23.8 Å². The third kappa shape index (κ3) is 3.03. The van der Waals surface area contributed by atoms with Crippen LogP contribution in [0.15, 0.2) is 47.8 Å². The highest BCUT2D eigenvalue weighted by Gasteiger charge is 2.45. The third-order valence-corrected chi connectivity index (χ3v) is 5.27. The van der Waals surface area contributed by atoms with E-state index in [0.717, 1.165) is 24.0 Å². The standard InChI is InChI=1S/C20H22O5/c1-10-6-15-8-14(20(22)24-15)9-17-18(11(2)12(3)23-17)16(7-10)25-19(21)13-4-5-13/h7-8,13,15-18H,2-6,9H2,1H3/b10-7+/t15-,16-,17?,18+/m1/s1. The molecule has 0 amide bonds. The Balaban J connectivity index is 1.68. The summed E-state index contributed by atoms with van der Waals surface area (Å²) >= 11 is 0. The Kier molecular flexibility index (Phi) is 3.82. The highest BCUT2D eigenvalue weighted by molar-refractivity contribution is 5.91. The van der Waals surface area contributed by atoms with Gasteiger partial charge >= 0.3 is 11.9 Å². The van der Waals surface area contributed by atoms with Crippen molar-refractivity contribution in [1.29, 1.82) is 0 Å². The molecule has 25 heavy (non-hydrogen) atoms. The van der Waals surface area contributed by atoms with Gasteiger partial charge in [-0.25, -0.2) is 4.79 Å². The van der Waals surface area contributed by atoms with Gasteiger partial charge in [-0.15, -0.1) is 0 Å². The molecule has 1 saturated carbocycles. The molecule has 4 rings (SSSR count). The van der Waals surface area contributed by atoms with Gasteiger partial charge in [-0.1, -0.05) is 18.7 Å². The van der Waals surface area contributed by atoms with Crippen molar-refractivity contribution >= 4 is 11.9 Å². The molecule has 4 atom stereocenters. The van der Waals surface area contributed by atoms with Gasteiger partial charge < -0.3 is 14.2 Å². The monoisotopic (exact) mass is 342 g/mol. The molecule has 2 heterocycles. The van der Waals surface area contributed by atoms with Gasteiger partial charge in [-0.3, -0.25) is 4.79 Å². The molecule has 0 radical (unpaired) electrons. The lowest BCUT2D eigenvalue weighted by molar-refractivity contribution is -0.151. The minimum absolute atomic E-state index is 0.0187. The average Bonchev–Trinajstić information content (AvgIpc) is 3.28. The van der Waals surface area contributed by atoms with Crippen molar-refractivity contribution in [3.63, 3.8) is 0 Å². The number of ether oxygens (including phenoxy) is 3. The van der Waals surface area contributed by atoms with E-state index in [2.05, 4.69) is 13.2 Å². The van der Waals surface area contributed by atoms with Crippen LogP contribution in [0.4, 0.5) is 0 Å². The van der Waals surface area contributed by atoms with E-state index < -0.39 is 6.10 Å². The Hall–Kier alpha value is -2.30. The summed E-state index contributed by atoms with van der Waals surface area (Å²) in [4.78, 5) is 24.4. The zero-order valence-electron chi connectivity index (χ0n) is 14.3. The number of fused-ring (bicyclic) bond motifs is 2. The van der Waals surface area contributed by atoms with E-state index in [4.69, 9.17) is 14.2 Å². The lowest BCUT2D eigenvalue weighted by atomic mass is 9.85. The lowest BCUT2D eigenvalue weighted by Gasteiger charge is -2.26. The van der Waals surface area contributed by atoms with Crippen LogP contribution in [-0.2, 0) is 23.8 Å². The highest BCUT2D eigenvalue weighted by atomic mass is 16.6. The normalized spacial score (nSPS) is 36.6. The molecule has 0 aromatic rings. The Morgan fingerprint density at radius 2 is 1.96 bits per heavy atom. The van der Waals surface area contributed by atoms with E-state index in [1.54, 1.807) is 0 Å². The van der Waals surface area contributed by atoms with Crippen molar-refractivity contribution in [2.45, 2.75) is 50.9 Å². The first kappa shape index (κ1) is 16.2. The molecule has 2 bridgehead atoms. The Bertz CT molecular complexity index is 724. The lowest BCUT2D eigenvalue weighted by Crippen LogP contribution is -2.33. The van der Waals surface area contributed by atoms with Gasteiger partial charge in [0.15, 0.2) is 0 Å². The summed E-state index contributed by atoms with van der Waals surface area (Å²) in [6, 6.07) is 0. The smallest absolute Gasteiger partial charge is 0.334 e. The second-order valence-corrected chi connectivity index (χ2v) is 7.36. The molecule has 1 unspecified atom stereocenters. The largest absolute Gasteiger partial charge is 0.490 e. The third-order valence-electron chi connectivity index (χ3n) is 5.27. The van der Waals surface area contributed by atoms with Crippen molar-refractivity contribution in [2.75, 3.05) is 0 Å². The fourth-order valence-electron chi connectivity index (χ4n) is 3.75. The van der Waals surface area contributed by atoms with E-state index in [1.165, 1.54) is 0 Å². The summed E-state index contributed by atoms with van der Waals surface area (Å²) < 4.78 is 17.1. The molecule has 1 saturated heterocycles. The van der Waals surface area contributed by atoms with Crippen molar-refractivity contribution in [3.8, 4) is 0 Å². The maximum absolute atomic E-state index is 12.3. The molecule has 0 aromatic carbocycles. The molecular weight excluding hydrogens is 320 g/mol. The Morgan fingerprint density at radius 3 is 2.68 bits per heavy atom. The average molecular weight is 342 g/mol. The molecule has 132 valence electrons. The SMILES string of the molecule is C=C1OC2CC3=C[C@@H](C/C(C)=C/[C@@H](OC(=O)C4CC4)[C@@H]2C1=C)OC3=O. The van der Waals surface area contributed by atoms with Crippen molar-refractivity contribution in [2.24, 2.45) is 11.8 Å². The van der Waals surface area contributed by atoms with Crippen LogP contribution in [0.25, 0.3) is 0 Å². The maximum atomic E-state index is 12.3. The molecule has 0 aromatic heterocycles. The minimum Gasteiger partial charge on any atom is -0.490 e. The molecule has 2 fully saturated rings. The summed E-state index contributed by atoms with van der Waals surface area (Å²) in [5.74, 6) is -0.182. The predicted molar refractivity (Wildman–Crippen MR) is 90.2 cm³/mol. The van der Waals surface area contributed by atoms with Crippen molar-refractivity contribution in [3.05, 3.63) is 47.8 Å². The molecule has 0 spiro atoms. The fraction of sp³-hybridized carbons (Fsp3) is 0.500. The maximum Gasteiger partial charge on any atom is 0.334 e. The first-order valence-corrected chi connectivity index (χ1v) is 8.76.